The van der Waals surface area contributed by atoms with Crippen LogP contribution >= 0.6 is 0 Å². The summed E-state index contributed by atoms with van der Waals surface area (Å²) in [5, 5.41) is 2.30. The van der Waals surface area contributed by atoms with Crippen LogP contribution in [0.25, 0.3) is 66.4 Å². The Morgan fingerprint density at radius 2 is 0.720 bits per heavy atom. The summed E-state index contributed by atoms with van der Waals surface area (Å²) in [7, 11) is 0. The topological polar surface area (TPSA) is 16.4 Å². The molecule has 8 aromatic carbocycles. The van der Waals surface area contributed by atoms with E-state index in [4.69, 9.17) is 4.42 Å². The zero-order chi connectivity index (χ0) is 33.3. The summed E-state index contributed by atoms with van der Waals surface area (Å²) >= 11 is 0. The van der Waals surface area contributed by atoms with Gasteiger partial charge in [0, 0.05) is 27.8 Å². The third-order valence-corrected chi connectivity index (χ3v) is 9.50. The van der Waals surface area contributed by atoms with Crippen LogP contribution in [0.2, 0.25) is 0 Å². The van der Waals surface area contributed by atoms with Crippen molar-refractivity contribution >= 4 is 39.0 Å². The summed E-state index contributed by atoms with van der Waals surface area (Å²) in [6, 6.07) is 71.1. The average Bonchev–Trinajstić information content (AvgIpc) is 3.59. The number of para-hydroxylation sites is 1. The van der Waals surface area contributed by atoms with Crippen molar-refractivity contribution in [2.45, 2.75) is 0 Å². The minimum Gasteiger partial charge on any atom is -0.456 e. The van der Waals surface area contributed by atoms with Gasteiger partial charge in [0.25, 0.3) is 0 Å². The molecule has 0 amide bonds. The predicted molar refractivity (Wildman–Crippen MR) is 210 cm³/mol. The largest absolute Gasteiger partial charge is 0.456 e. The van der Waals surface area contributed by atoms with Crippen LogP contribution in [0.1, 0.15) is 0 Å². The van der Waals surface area contributed by atoms with Crippen LogP contribution in [0.15, 0.2) is 205 Å². The van der Waals surface area contributed by atoms with Gasteiger partial charge in [0.15, 0.2) is 0 Å². The van der Waals surface area contributed by atoms with Gasteiger partial charge in [-0.1, -0.05) is 146 Å². The molecule has 0 saturated carbocycles. The van der Waals surface area contributed by atoms with E-state index >= 15 is 0 Å². The molecule has 0 aliphatic rings. The molecular formula is C48H33NO. The third-order valence-electron chi connectivity index (χ3n) is 9.50. The van der Waals surface area contributed by atoms with Crippen molar-refractivity contribution < 1.29 is 4.42 Å². The molecule has 236 valence electrons. The minimum absolute atomic E-state index is 0.909. The molecule has 0 saturated heterocycles. The molecule has 1 heterocycles. The quantitative estimate of drug-likeness (QED) is 0.173. The molecule has 0 aliphatic carbocycles. The van der Waals surface area contributed by atoms with Crippen molar-refractivity contribution in [3.8, 4) is 44.5 Å². The first-order valence-electron chi connectivity index (χ1n) is 17.0. The lowest BCUT2D eigenvalue weighted by molar-refractivity contribution is 0.669. The normalized spacial score (nSPS) is 11.2. The van der Waals surface area contributed by atoms with E-state index in [0.29, 0.717) is 0 Å². The number of fused-ring (bicyclic) bond motifs is 3. The van der Waals surface area contributed by atoms with Crippen molar-refractivity contribution in [2.75, 3.05) is 4.90 Å². The van der Waals surface area contributed by atoms with Crippen molar-refractivity contribution in [1.29, 1.82) is 0 Å². The van der Waals surface area contributed by atoms with Crippen molar-refractivity contribution in [1.82, 2.24) is 0 Å². The highest BCUT2D eigenvalue weighted by Gasteiger charge is 2.15. The summed E-state index contributed by atoms with van der Waals surface area (Å²) in [4.78, 5) is 2.33. The molecule has 0 bridgehead atoms. The lowest BCUT2D eigenvalue weighted by Crippen LogP contribution is -2.09. The number of hydrogen-bond donors (Lipinski definition) is 0. The maximum atomic E-state index is 6.19. The number of furan rings is 1. The first kappa shape index (κ1) is 29.5. The molecule has 50 heavy (non-hydrogen) atoms. The van der Waals surface area contributed by atoms with Crippen LogP contribution in [0.4, 0.5) is 17.1 Å². The van der Waals surface area contributed by atoms with Crippen molar-refractivity contribution in [3.05, 3.63) is 200 Å². The average molecular weight is 640 g/mol. The number of benzene rings is 8. The van der Waals surface area contributed by atoms with Gasteiger partial charge in [-0.15, -0.1) is 0 Å². The van der Waals surface area contributed by atoms with Gasteiger partial charge in [-0.05, 0) is 99.1 Å². The smallest absolute Gasteiger partial charge is 0.136 e. The summed E-state index contributed by atoms with van der Waals surface area (Å²) in [5.41, 5.74) is 14.6. The first-order valence-corrected chi connectivity index (χ1v) is 17.0. The Hall–Kier alpha value is -6.64. The molecule has 0 atom stereocenters. The van der Waals surface area contributed by atoms with Crippen LogP contribution in [0.3, 0.4) is 0 Å². The van der Waals surface area contributed by atoms with E-state index in [9.17, 15) is 0 Å². The summed E-state index contributed by atoms with van der Waals surface area (Å²) in [6.07, 6.45) is 0. The van der Waals surface area contributed by atoms with Gasteiger partial charge in [-0.25, -0.2) is 0 Å². The van der Waals surface area contributed by atoms with E-state index in [1.807, 2.05) is 12.1 Å². The second-order valence-corrected chi connectivity index (χ2v) is 12.6. The molecule has 0 N–H and O–H groups in total. The maximum absolute atomic E-state index is 6.19. The fourth-order valence-electron chi connectivity index (χ4n) is 7.00. The molecule has 9 aromatic rings. The number of rotatable bonds is 7. The zero-order valence-electron chi connectivity index (χ0n) is 27.4. The highest BCUT2D eigenvalue weighted by Crippen LogP contribution is 2.40. The first-order chi connectivity index (χ1) is 24.8. The Labute approximate surface area is 292 Å². The maximum Gasteiger partial charge on any atom is 0.136 e. The third kappa shape index (κ3) is 5.53. The second kappa shape index (κ2) is 12.8. The van der Waals surface area contributed by atoms with Crippen molar-refractivity contribution in [3.63, 3.8) is 0 Å². The predicted octanol–water partition coefficient (Wildman–Crippen LogP) is 13.7. The standard InChI is InChI=1S/C48H33NO/c1-3-11-34(12-4-1)36-21-27-41(28-22-36)49(42-29-23-37(24-30-42)35-13-5-2-6-14-35)43-31-25-38(26-32-43)39-15-9-16-40(33-39)44-18-10-20-47-48(44)45-17-7-8-19-46(45)50-47/h1-33H. The van der Waals surface area contributed by atoms with E-state index in [-0.39, 0.29) is 0 Å². The number of nitrogens with zero attached hydrogens (tertiary/aromatic N) is 1. The molecule has 2 nitrogen and oxygen atoms in total. The van der Waals surface area contributed by atoms with Gasteiger partial charge < -0.3 is 9.32 Å². The van der Waals surface area contributed by atoms with Crippen molar-refractivity contribution in [2.24, 2.45) is 0 Å². The Morgan fingerprint density at radius 3 is 1.30 bits per heavy atom. The molecule has 2 heteroatoms. The van der Waals surface area contributed by atoms with Gasteiger partial charge >= 0.3 is 0 Å². The SMILES string of the molecule is c1ccc(-c2ccc(N(c3ccc(-c4ccccc4)cc3)c3ccc(-c4cccc(-c5cccc6oc7ccccc7c56)c4)cc3)cc2)cc1. The lowest BCUT2D eigenvalue weighted by atomic mass is 9.96. The van der Waals surface area contributed by atoms with Gasteiger partial charge in [-0.3, -0.25) is 0 Å². The van der Waals surface area contributed by atoms with Gasteiger partial charge in [0.1, 0.15) is 11.2 Å². The fraction of sp³-hybridized carbons (Fsp3) is 0. The van der Waals surface area contributed by atoms with Gasteiger partial charge in [0.05, 0.1) is 0 Å². The van der Waals surface area contributed by atoms with E-state index in [1.165, 1.54) is 44.5 Å². The fourth-order valence-corrected chi connectivity index (χ4v) is 7.00. The zero-order valence-corrected chi connectivity index (χ0v) is 27.4. The Morgan fingerprint density at radius 1 is 0.300 bits per heavy atom. The Kier molecular flexibility index (Phi) is 7.53. The number of anilines is 3. The second-order valence-electron chi connectivity index (χ2n) is 12.6. The van der Waals surface area contributed by atoms with Crippen LogP contribution < -0.4 is 4.90 Å². The van der Waals surface area contributed by atoms with E-state index in [0.717, 1.165) is 39.0 Å². The molecule has 0 unspecified atom stereocenters. The molecule has 9 rings (SSSR count). The molecule has 0 radical (unpaired) electrons. The van der Waals surface area contributed by atoms with Crippen LogP contribution in [0.5, 0.6) is 0 Å². The highest BCUT2D eigenvalue weighted by molar-refractivity contribution is 6.12. The van der Waals surface area contributed by atoms with Gasteiger partial charge in [0.2, 0.25) is 0 Å². The molecular weight excluding hydrogens is 607 g/mol. The van der Waals surface area contributed by atoms with E-state index in [2.05, 4.69) is 193 Å². The van der Waals surface area contributed by atoms with Crippen LogP contribution in [-0.4, -0.2) is 0 Å². The van der Waals surface area contributed by atoms with Crippen LogP contribution in [0, 0.1) is 0 Å². The monoisotopic (exact) mass is 639 g/mol. The molecule has 1 aromatic heterocycles. The van der Waals surface area contributed by atoms with E-state index in [1.54, 1.807) is 0 Å². The summed E-state index contributed by atoms with van der Waals surface area (Å²) < 4.78 is 6.19. The summed E-state index contributed by atoms with van der Waals surface area (Å²) in [6.45, 7) is 0. The summed E-state index contributed by atoms with van der Waals surface area (Å²) in [5.74, 6) is 0. The molecule has 0 spiro atoms. The number of hydrogen-bond acceptors (Lipinski definition) is 2. The Bertz CT molecular complexity index is 2470. The minimum atomic E-state index is 0.909. The Balaban J connectivity index is 1.08. The van der Waals surface area contributed by atoms with E-state index < -0.39 is 0 Å². The molecule has 0 fully saturated rings. The van der Waals surface area contributed by atoms with Gasteiger partial charge in [-0.2, -0.15) is 0 Å². The highest BCUT2D eigenvalue weighted by atomic mass is 16.3. The van der Waals surface area contributed by atoms with Crippen LogP contribution in [-0.2, 0) is 0 Å². The molecule has 0 aliphatic heterocycles. The lowest BCUT2D eigenvalue weighted by Gasteiger charge is -2.26.